The van der Waals surface area contributed by atoms with E-state index in [0.717, 1.165) is 30.7 Å². The molecular formula is C12H17ClN4OS. The second-order valence-electron chi connectivity index (χ2n) is 4.66. The quantitative estimate of drug-likeness (QED) is 0.659. The summed E-state index contributed by atoms with van der Waals surface area (Å²) in [6.07, 6.45) is 7.14. The highest BCUT2D eigenvalue weighted by Crippen LogP contribution is 2.27. The lowest BCUT2D eigenvalue weighted by atomic mass is 9.85. The first-order valence-corrected chi connectivity index (χ1v) is 7.82. The maximum absolute atomic E-state index is 11.2. The lowest BCUT2D eigenvalue weighted by Gasteiger charge is -2.27. The molecular weight excluding hydrogens is 284 g/mol. The van der Waals surface area contributed by atoms with Crippen molar-refractivity contribution in [1.29, 1.82) is 0 Å². The molecule has 1 aliphatic rings. The molecule has 0 saturated heterocycles. The Hall–Kier alpha value is -1.01. The van der Waals surface area contributed by atoms with Crippen LogP contribution in [0.2, 0.25) is 5.02 Å². The third-order valence-corrected chi connectivity index (χ3v) is 4.40. The summed E-state index contributed by atoms with van der Waals surface area (Å²) < 4.78 is 0. The van der Waals surface area contributed by atoms with Gasteiger partial charge in [0.1, 0.15) is 5.03 Å². The number of halogens is 1. The van der Waals surface area contributed by atoms with Crippen LogP contribution >= 0.6 is 23.4 Å². The average molecular weight is 301 g/mol. The predicted molar refractivity (Wildman–Crippen MR) is 77.4 cm³/mol. The van der Waals surface area contributed by atoms with Crippen LogP contribution < -0.4 is 11.1 Å². The summed E-state index contributed by atoms with van der Waals surface area (Å²) >= 11 is 7.45. The fourth-order valence-corrected chi connectivity index (χ4v) is 3.07. The molecule has 1 fully saturated rings. The molecule has 1 amide bonds. The Kier molecular flexibility index (Phi) is 4.87. The van der Waals surface area contributed by atoms with E-state index in [1.165, 1.54) is 11.8 Å². The molecule has 0 spiro atoms. The van der Waals surface area contributed by atoms with Crippen molar-refractivity contribution in [3.63, 3.8) is 0 Å². The van der Waals surface area contributed by atoms with Gasteiger partial charge in [0.05, 0.1) is 11.2 Å². The maximum Gasteiger partial charge on any atom is 0.224 e. The Morgan fingerprint density at radius 1 is 1.58 bits per heavy atom. The summed E-state index contributed by atoms with van der Waals surface area (Å²) in [5, 5.41) is 4.57. The highest BCUT2D eigenvalue weighted by molar-refractivity contribution is 7.98. The number of carbonyl (C=O) groups excluding carboxylic acids is 1. The summed E-state index contributed by atoms with van der Waals surface area (Å²) in [6.45, 7) is 0. The first kappa shape index (κ1) is 14.4. The molecule has 1 aromatic rings. The van der Waals surface area contributed by atoms with Crippen molar-refractivity contribution in [3.8, 4) is 0 Å². The molecule has 3 N–H and O–H groups in total. The number of hydrogen-bond donors (Lipinski definition) is 2. The summed E-state index contributed by atoms with van der Waals surface area (Å²) in [6, 6.07) is 0.196. The average Bonchev–Trinajstić information content (AvgIpc) is 2.41. The number of nitrogens with one attached hydrogen (secondary N) is 1. The minimum Gasteiger partial charge on any atom is -0.369 e. The fourth-order valence-electron chi connectivity index (χ4n) is 2.33. The van der Waals surface area contributed by atoms with Crippen LogP contribution in [0.25, 0.3) is 0 Å². The van der Waals surface area contributed by atoms with Crippen LogP contribution in [0.5, 0.6) is 0 Å². The summed E-state index contributed by atoms with van der Waals surface area (Å²) in [5.41, 5.74) is 5.37. The van der Waals surface area contributed by atoms with Gasteiger partial charge in [-0.15, -0.1) is 11.8 Å². The molecule has 1 heterocycles. The van der Waals surface area contributed by atoms with E-state index in [9.17, 15) is 4.79 Å². The van der Waals surface area contributed by atoms with Crippen LogP contribution in [0.1, 0.15) is 25.7 Å². The molecule has 1 saturated carbocycles. The monoisotopic (exact) mass is 300 g/mol. The lowest BCUT2D eigenvalue weighted by Crippen LogP contribution is -2.34. The van der Waals surface area contributed by atoms with Crippen LogP contribution in [-0.2, 0) is 4.79 Å². The number of rotatable bonds is 4. The largest absolute Gasteiger partial charge is 0.369 e. The second-order valence-corrected chi connectivity index (χ2v) is 5.86. The summed E-state index contributed by atoms with van der Waals surface area (Å²) in [7, 11) is 0. The molecule has 2 atom stereocenters. The Morgan fingerprint density at radius 3 is 3.05 bits per heavy atom. The zero-order valence-electron chi connectivity index (χ0n) is 10.7. The topological polar surface area (TPSA) is 80.9 Å². The van der Waals surface area contributed by atoms with Gasteiger partial charge in [-0.1, -0.05) is 18.0 Å². The molecule has 104 valence electrons. The van der Waals surface area contributed by atoms with Crippen molar-refractivity contribution >= 4 is 35.2 Å². The van der Waals surface area contributed by atoms with Crippen LogP contribution in [0.4, 0.5) is 5.95 Å². The molecule has 0 aliphatic heterocycles. The maximum atomic E-state index is 11.2. The van der Waals surface area contributed by atoms with Gasteiger partial charge in [0.25, 0.3) is 0 Å². The second kappa shape index (κ2) is 6.43. The molecule has 0 aromatic carbocycles. The standard InChI is InChI=1S/C12H17ClN4OS/c1-19-11-9(13)6-15-12(17-11)16-8-4-2-3-7(5-8)10(14)18/h6-8H,2-5H2,1H3,(H2,14,18)(H,15,16,17). The van der Waals surface area contributed by atoms with Gasteiger partial charge in [0.15, 0.2) is 0 Å². The van der Waals surface area contributed by atoms with E-state index in [0.29, 0.717) is 11.0 Å². The van der Waals surface area contributed by atoms with E-state index in [-0.39, 0.29) is 17.9 Å². The van der Waals surface area contributed by atoms with Gasteiger partial charge in [-0.3, -0.25) is 4.79 Å². The van der Waals surface area contributed by atoms with Gasteiger partial charge >= 0.3 is 0 Å². The van der Waals surface area contributed by atoms with Crippen LogP contribution in [0.3, 0.4) is 0 Å². The van der Waals surface area contributed by atoms with Crippen molar-refractivity contribution in [2.75, 3.05) is 11.6 Å². The van der Waals surface area contributed by atoms with E-state index in [1.54, 1.807) is 6.20 Å². The first-order valence-electron chi connectivity index (χ1n) is 6.22. The van der Waals surface area contributed by atoms with Crippen LogP contribution in [0, 0.1) is 5.92 Å². The summed E-state index contributed by atoms with van der Waals surface area (Å²) in [4.78, 5) is 19.8. The number of nitrogens with two attached hydrogens (primary N) is 1. The van der Waals surface area contributed by atoms with E-state index in [4.69, 9.17) is 17.3 Å². The number of amides is 1. The molecule has 1 aromatic heterocycles. The minimum atomic E-state index is -0.215. The van der Waals surface area contributed by atoms with Gasteiger partial charge < -0.3 is 11.1 Å². The van der Waals surface area contributed by atoms with Gasteiger partial charge in [-0.2, -0.15) is 0 Å². The molecule has 19 heavy (non-hydrogen) atoms. The van der Waals surface area contributed by atoms with Gasteiger partial charge in [-0.05, 0) is 25.5 Å². The Bertz CT molecular complexity index is 471. The fraction of sp³-hybridized carbons (Fsp3) is 0.583. The Balaban J connectivity index is 2.02. The number of nitrogens with zero attached hydrogens (tertiary/aromatic N) is 2. The van der Waals surface area contributed by atoms with E-state index in [1.807, 2.05) is 6.26 Å². The van der Waals surface area contributed by atoms with Gasteiger partial charge in [-0.25, -0.2) is 9.97 Å². The smallest absolute Gasteiger partial charge is 0.224 e. The highest BCUT2D eigenvalue weighted by atomic mass is 35.5. The Morgan fingerprint density at radius 2 is 2.37 bits per heavy atom. The number of carbonyl (C=O) groups is 1. The highest BCUT2D eigenvalue weighted by Gasteiger charge is 2.26. The zero-order chi connectivity index (χ0) is 13.8. The van der Waals surface area contributed by atoms with Gasteiger partial charge in [0, 0.05) is 12.0 Å². The van der Waals surface area contributed by atoms with E-state index < -0.39 is 0 Å². The number of thioether (sulfide) groups is 1. The van der Waals surface area contributed by atoms with Crippen LogP contribution in [0.15, 0.2) is 11.2 Å². The predicted octanol–water partition coefficient (Wildman–Crippen LogP) is 2.31. The lowest BCUT2D eigenvalue weighted by molar-refractivity contribution is -0.122. The zero-order valence-corrected chi connectivity index (χ0v) is 12.3. The molecule has 1 aliphatic carbocycles. The molecule has 2 rings (SSSR count). The normalized spacial score (nSPS) is 23.1. The minimum absolute atomic E-state index is 0.0430. The van der Waals surface area contributed by atoms with E-state index in [2.05, 4.69) is 15.3 Å². The van der Waals surface area contributed by atoms with Crippen LogP contribution in [-0.4, -0.2) is 28.2 Å². The van der Waals surface area contributed by atoms with Crippen molar-refractivity contribution < 1.29 is 4.79 Å². The molecule has 0 radical (unpaired) electrons. The molecule has 7 heteroatoms. The van der Waals surface area contributed by atoms with Crippen molar-refractivity contribution in [1.82, 2.24) is 9.97 Å². The van der Waals surface area contributed by atoms with Crippen molar-refractivity contribution in [2.45, 2.75) is 36.8 Å². The third-order valence-electron chi connectivity index (χ3n) is 3.32. The number of anilines is 1. The number of aromatic nitrogens is 2. The number of primary amides is 1. The van der Waals surface area contributed by atoms with Gasteiger partial charge in [0.2, 0.25) is 11.9 Å². The van der Waals surface area contributed by atoms with E-state index >= 15 is 0 Å². The Labute approximate surface area is 121 Å². The first-order chi connectivity index (χ1) is 9.10. The number of hydrogen-bond acceptors (Lipinski definition) is 5. The molecule has 5 nitrogen and oxygen atoms in total. The summed E-state index contributed by atoms with van der Waals surface area (Å²) in [5.74, 6) is 0.302. The third kappa shape index (κ3) is 3.73. The van der Waals surface area contributed by atoms with Crippen molar-refractivity contribution in [2.24, 2.45) is 11.7 Å². The molecule has 2 unspecified atom stereocenters. The SMILES string of the molecule is CSc1nc(NC2CCCC(C(N)=O)C2)ncc1Cl. The molecule has 0 bridgehead atoms. The van der Waals surface area contributed by atoms with Crippen molar-refractivity contribution in [3.05, 3.63) is 11.2 Å².